The number of hydrogen-bond acceptors (Lipinski definition) is 2. The zero-order chi connectivity index (χ0) is 14.4. The summed E-state index contributed by atoms with van der Waals surface area (Å²) < 4.78 is 15.9. The number of aromatic amines is 1. The van der Waals surface area contributed by atoms with Crippen molar-refractivity contribution in [2.24, 2.45) is 0 Å². The van der Waals surface area contributed by atoms with E-state index in [0.717, 1.165) is 22.1 Å². The molecule has 0 bridgehead atoms. The van der Waals surface area contributed by atoms with Crippen LogP contribution in [-0.2, 0) is 0 Å². The monoisotopic (exact) mass is 295 g/mol. The fourth-order valence-corrected chi connectivity index (χ4v) is 2.89. The Labute approximate surface area is 124 Å². The van der Waals surface area contributed by atoms with Crippen molar-refractivity contribution >= 4 is 34.2 Å². The van der Waals surface area contributed by atoms with Crippen LogP contribution in [0.25, 0.3) is 27.6 Å². The van der Waals surface area contributed by atoms with Crippen LogP contribution >= 0.6 is 12.2 Å². The van der Waals surface area contributed by atoms with Gasteiger partial charge in [0.2, 0.25) is 0 Å². The summed E-state index contributed by atoms with van der Waals surface area (Å²) in [7, 11) is 0. The molecule has 0 aliphatic carbocycles. The Morgan fingerprint density at radius 1 is 1.10 bits per heavy atom. The molecular formula is C16H10FN3S. The van der Waals surface area contributed by atoms with E-state index in [9.17, 15) is 4.39 Å². The molecule has 4 aromatic rings. The minimum Gasteiger partial charge on any atom is -0.330 e. The van der Waals surface area contributed by atoms with Gasteiger partial charge in [0.05, 0.1) is 22.2 Å². The highest BCUT2D eigenvalue weighted by Gasteiger charge is 2.10. The lowest BCUT2D eigenvalue weighted by Crippen LogP contribution is -1.96. The van der Waals surface area contributed by atoms with Crippen LogP contribution in [0, 0.1) is 10.6 Å². The van der Waals surface area contributed by atoms with Crippen LogP contribution in [0.1, 0.15) is 0 Å². The van der Waals surface area contributed by atoms with Gasteiger partial charge in [0.25, 0.3) is 0 Å². The Bertz CT molecular complexity index is 1030. The highest BCUT2D eigenvalue weighted by molar-refractivity contribution is 7.71. The number of halogens is 1. The van der Waals surface area contributed by atoms with Crippen LogP contribution in [0.5, 0.6) is 0 Å². The summed E-state index contributed by atoms with van der Waals surface area (Å²) in [4.78, 5) is 7.53. The van der Waals surface area contributed by atoms with Crippen molar-refractivity contribution in [3.8, 4) is 5.69 Å². The number of pyridine rings is 1. The summed E-state index contributed by atoms with van der Waals surface area (Å²) >= 11 is 5.40. The van der Waals surface area contributed by atoms with Crippen LogP contribution in [0.2, 0.25) is 0 Å². The fourth-order valence-electron chi connectivity index (χ4n) is 2.58. The van der Waals surface area contributed by atoms with Gasteiger partial charge < -0.3 is 4.98 Å². The standard InChI is InChI=1S/C16H10FN3S/c17-11-6-7-12-14(9-11)20(16(21)19-12)13-5-1-3-10-4-2-8-18-15(10)13/h1-9H,(H,19,21). The Morgan fingerprint density at radius 3 is 2.86 bits per heavy atom. The molecule has 3 nitrogen and oxygen atoms in total. The molecule has 1 N–H and O–H groups in total. The summed E-state index contributed by atoms with van der Waals surface area (Å²) in [5.41, 5.74) is 3.18. The molecule has 5 heteroatoms. The lowest BCUT2D eigenvalue weighted by atomic mass is 10.2. The Hall–Kier alpha value is -2.53. The molecular weight excluding hydrogens is 285 g/mol. The summed E-state index contributed by atoms with van der Waals surface area (Å²) in [6, 6.07) is 14.3. The molecule has 0 radical (unpaired) electrons. The number of benzene rings is 2. The average Bonchev–Trinajstić information content (AvgIpc) is 2.82. The lowest BCUT2D eigenvalue weighted by molar-refractivity contribution is 0.629. The van der Waals surface area contributed by atoms with Gasteiger partial charge in [-0.25, -0.2) is 4.39 Å². The maximum absolute atomic E-state index is 13.6. The minimum absolute atomic E-state index is 0.293. The zero-order valence-electron chi connectivity index (χ0n) is 10.9. The molecule has 2 aromatic carbocycles. The zero-order valence-corrected chi connectivity index (χ0v) is 11.7. The summed E-state index contributed by atoms with van der Waals surface area (Å²) in [5, 5.41) is 1.02. The van der Waals surface area contributed by atoms with Crippen LogP contribution < -0.4 is 0 Å². The SMILES string of the molecule is Fc1ccc2[nH]c(=S)n(-c3cccc4cccnc34)c2c1. The van der Waals surface area contributed by atoms with Crippen LogP contribution in [0.4, 0.5) is 4.39 Å². The van der Waals surface area contributed by atoms with E-state index in [2.05, 4.69) is 9.97 Å². The number of para-hydroxylation sites is 1. The van der Waals surface area contributed by atoms with Gasteiger partial charge in [-0.15, -0.1) is 0 Å². The van der Waals surface area contributed by atoms with Crippen LogP contribution in [-0.4, -0.2) is 14.5 Å². The molecule has 0 atom stereocenters. The number of H-pyrrole nitrogens is 1. The number of nitrogens with one attached hydrogen (secondary N) is 1. The van der Waals surface area contributed by atoms with Crippen molar-refractivity contribution in [3.05, 3.63) is 65.3 Å². The third-order valence-corrected chi connectivity index (χ3v) is 3.78. The number of aromatic nitrogens is 3. The van der Waals surface area contributed by atoms with Gasteiger partial charge >= 0.3 is 0 Å². The van der Waals surface area contributed by atoms with Gasteiger partial charge in [-0.2, -0.15) is 0 Å². The average molecular weight is 295 g/mol. The molecule has 0 unspecified atom stereocenters. The quantitative estimate of drug-likeness (QED) is 0.529. The second kappa shape index (κ2) is 4.49. The first kappa shape index (κ1) is 12.2. The van der Waals surface area contributed by atoms with E-state index in [-0.39, 0.29) is 5.82 Å². The van der Waals surface area contributed by atoms with Gasteiger partial charge in [-0.05, 0) is 36.5 Å². The molecule has 0 saturated heterocycles. The number of nitrogens with zero attached hydrogens (tertiary/aromatic N) is 2. The second-order valence-electron chi connectivity index (χ2n) is 4.78. The first-order valence-corrected chi connectivity index (χ1v) is 6.89. The third-order valence-electron chi connectivity index (χ3n) is 3.50. The van der Waals surface area contributed by atoms with E-state index in [4.69, 9.17) is 12.2 Å². The Balaban J connectivity index is 2.16. The maximum Gasteiger partial charge on any atom is 0.182 e. The van der Waals surface area contributed by atoms with Crippen molar-refractivity contribution in [2.45, 2.75) is 0 Å². The Morgan fingerprint density at radius 2 is 1.95 bits per heavy atom. The first-order chi connectivity index (χ1) is 10.2. The predicted molar refractivity (Wildman–Crippen MR) is 83.7 cm³/mol. The number of hydrogen-bond donors (Lipinski definition) is 1. The molecule has 21 heavy (non-hydrogen) atoms. The van der Waals surface area contributed by atoms with Gasteiger partial charge in [-0.1, -0.05) is 18.2 Å². The van der Waals surface area contributed by atoms with Gasteiger partial charge in [0.15, 0.2) is 4.77 Å². The lowest BCUT2D eigenvalue weighted by Gasteiger charge is -2.08. The van der Waals surface area contributed by atoms with E-state index in [1.165, 1.54) is 12.1 Å². The van der Waals surface area contributed by atoms with E-state index >= 15 is 0 Å². The van der Waals surface area contributed by atoms with Crippen molar-refractivity contribution in [1.82, 2.24) is 14.5 Å². The topological polar surface area (TPSA) is 33.6 Å². The normalized spacial score (nSPS) is 11.3. The first-order valence-electron chi connectivity index (χ1n) is 6.48. The van der Waals surface area contributed by atoms with Crippen molar-refractivity contribution in [3.63, 3.8) is 0 Å². The number of imidazole rings is 1. The van der Waals surface area contributed by atoms with Gasteiger partial charge in [0, 0.05) is 17.6 Å². The smallest absolute Gasteiger partial charge is 0.182 e. The molecule has 4 rings (SSSR count). The number of fused-ring (bicyclic) bond motifs is 2. The van der Waals surface area contributed by atoms with Crippen molar-refractivity contribution in [2.75, 3.05) is 0 Å². The largest absolute Gasteiger partial charge is 0.330 e. The molecule has 0 amide bonds. The molecule has 0 aliphatic heterocycles. The highest BCUT2D eigenvalue weighted by Crippen LogP contribution is 2.25. The molecule has 2 aromatic heterocycles. The molecule has 0 saturated carbocycles. The third kappa shape index (κ3) is 1.86. The highest BCUT2D eigenvalue weighted by atomic mass is 32.1. The van der Waals surface area contributed by atoms with E-state index in [1.54, 1.807) is 12.3 Å². The van der Waals surface area contributed by atoms with Crippen LogP contribution in [0.3, 0.4) is 0 Å². The summed E-state index contributed by atoms with van der Waals surface area (Å²) in [6.45, 7) is 0. The molecule has 0 fully saturated rings. The van der Waals surface area contributed by atoms with E-state index in [1.807, 2.05) is 34.9 Å². The van der Waals surface area contributed by atoms with Crippen LogP contribution in [0.15, 0.2) is 54.7 Å². The Kier molecular flexibility index (Phi) is 2.62. The van der Waals surface area contributed by atoms with E-state index < -0.39 is 0 Å². The summed E-state index contributed by atoms with van der Waals surface area (Å²) in [5.74, 6) is -0.293. The van der Waals surface area contributed by atoms with E-state index in [0.29, 0.717) is 10.3 Å². The molecule has 0 spiro atoms. The summed E-state index contributed by atoms with van der Waals surface area (Å²) in [6.07, 6.45) is 1.74. The van der Waals surface area contributed by atoms with Gasteiger partial charge in [-0.3, -0.25) is 9.55 Å². The number of rotatable bonds is 1. The molecule has 102 valence electrons. The predicted octanol–water partition coefficient (Wildman–Crippen LogP) is 4.38. The maximum atomic E-state index is 13.6. The second-order valence-corrected chi connectivity index (χ2v) is 5.17. The van der Waals surface area contributed by atoms with Gasteiger partial charge in [0.1, 0.15) is 5.82 Å². The molecule has 0 aliphatic rings. The molecule has 2 heterocycles. The minimum atomic E-state index is -0.293. The van der Waals surface area contributed by atoms with Crippen molar-refractivity contribution < 1.29 is 4.39 Å². The van der Waals surface area contributed by atoms with Crippen molar-refractivity contribution in [1.29, 1.82) is 0 Å². The fraction of sp³-hybridized carbons (Fsp3) is 0.